The van der Waals surface area contributed by atoms with E-state index in [1.54, 1.807) is 13.8 Å². The van der Waals surface area contributed by atoms with Crippen molar-refractivity contribution in [2.75, 3.05) is 7.11 Å². The number of alkyl halides is 2. The Morgan fingerprint density at radius 2 is 1.90 bits per heavy atom. The molecular formula is C20H25F2N3O4. The molecule has 1 aromatic heterocycles. The van der Waals surface area contributed by atoms with Crippen LogP contribution in [0.4, 0.5) is 8.78 Å². The van der Waals surface area contributed by atoms with Crippen LogP contribution in [-0.4, -0.2) is 29.8 Å². The minimum Gasteiger partial charge on any atom is -0.493 e. The van der Waals surface area contributed by atoms with Crippen LogP contribution in [0, 0.1) is 0 Å². The van der Waals surface area contributed by atoms with Crippen LogP contribution in [0.1, 0.15) is 51.9 Å². The Kier molecular flexibility index (Phi) is 6.61. The molecule has 1 heterocycles. The molecule has 158 valence electrons. The molecule has 1 amide bonds. The highest BCUT2D eigenvalue weighted by Crippen LogP contribution is 2.30. The first-order valence-corrected chi connectivity index (χ1v) is 8.90. The molecule has 1 aromatic carbocycles. The van der Waals surface area contributed by atoms with Gasteiger partial charge in [-0.25, -0.2) is 0 Å². The molecule has 0 saturated heterocycles. The number of rotatable bonds is 7. The van der Waals surface area contributed by atoms with Gasteiger partial charge in [-0.1, -0.05) is 32.0 Å². The van der Waals surface area contributed by atoms with E-state index < -0.39 is 12.2 Å². The van der Waals surface area contributed by atoms with Crippen LogP contribution in [0.2, 0.25) is 0 Å². The average molecular weight is 409 g/mol. The first kappa shape index (κ1) is 22.3. The first-order valence-electron chi connectivity index (χ1n) is 8.90. The van der Waals surface area contributed by atoms with Crippen molar-refractivity contribution in [1.82, 2.24) is 15.5 Å². The SMILES string of the molecule is COc1cc(/C=C/C(=O)NC(C)(C)c2noc(C(C)(C)C)n2)ccc1OC(F)F. The largest absolute Gasteiger partial charge is 0.493 e. The van der Waals surface area contributed by atoms with Gasteiger partial charge < -0.3 is 19.3 Å². The van der Waals surface area contributed by atoms with Crippen LogP contribution in [0.15, 0.2) is 28.8 Å². The fraction of sp³-hybridized carbons (Fsp3) is 0.450. The summed E-state index contributed by atoms with van der Waals surface area (Å²) >= 11 is 0. The Balaban J connectivity index is 2.09. The van der Waals surface area contributed by atoms with E-state index in [9.17, 15) is 13.6 Å². The monoisotopic (exact) mass is 409 g/mol. The van der Waals surface area contributed by atoms with Gasteiger partial charge in [0, 0.05) is 11.5 Å². The molecule has 7 nitrogen and oxygen atoms in total. The standard InChI is InChI=1S/C20H25F2N3O4/c1-19(2,3)17-23-16(25-29-17)20(4,5)24-15(26)10-8-12-7-9-13(28-18(21)22)14(11-12)27-6/h7-11,18H,1-6H3,(H,24,26)/b10-8+. The second-order valence-corrected chi connectivity index (χ2v) is 7.91. The maximum Gasteiger partial charge on any atom is 0.387 e. The summed E-state index contributed by atoms with van der Waals surface area (Å²) in [5.41, 5.74) is -0.586. The molecule has 9 heteroatoms. The Hall–Kier alpha value is -2.97. The highest BCUT2D eigenvalue weighted by molar-refractivity contribution is 5.92. The molecule has 0 bridgehead atoms. The maximum absolute atomic E-state index is 12.4. The van der Waals surface area contributed by atoms with Gasteiger partial charge in [-0.2, -0.15) is 13.8 Å². The third kappa shape index (κ3) is 6.00. The molecule has 2 aromatic rings. The van der Waals surface area contributed by atoms with Crippen molar-refractivity contribution in [2.45, 2.75) is 52.2 Å². The zero-order chi connectivity index (χ0) is 21.8. The van der Waals surface area contributed by atoms with Crippen LogP contribution >= 0.6 is 0 Å². The van der Waals surface area contributed by atoms with Gasteiger partial charge in [-0.15, -0.1) is 0 Å². The van der Waals surface area contributed by atoms with E-state index in [1.165, 1.54) is 37.5 Å². The average Bonchev–Trinajstić information content (AvgIpc) is 3.11. The molecule has 0 spiro atoms. The first-order chi connectivity index (χ1) is 13.4. The van der Waals surface area contributed by atoms with Crippen molar-refractivity contribution >= 4 is 12.0 Å². The number of carbonyl (C=O) groups is 1. The fourth-order valence-corrected chi connectivity index (χ4v) is 2.34. The summed E-state index contributed by atoms with van der Waals surface area (Å²) in [7, 11) is 1.34. The molecule has 0 unspecified atom stereocenters. The minimum atomic E-state index is -2.96. The molecule has 0 saturated carbocycles. The third-order valence-corrected chi connectivity index (χ3v) is 3.89. The summed E-state index contributed by atoms with van der Waals surface area (Å²) in [6.45, 7) is 6.41. The van der Waals surface area contributed by atoms with E-state index in [0.29, 0.717) is 17.3 Å². The molecular weight excluding hydrogens is 384 g/mol. The minimum absolute atomic E-state index is 0.0861. The van der Waals surface area contributed by atoms with Gasteiger partial charge in [0.15, 0.2) is 17.3 Å². The number of halogens is 2. The summed E-state index contributed by atoms with van der Waals surface area (Å²) in [6, 6.07) is 4.37. The van der Waals surface area contributed by atoms with E-state index in [2.05, 4.69) is 20.2 Å². The molecule has 2 rings (SSSR count). The van der Waals surface area contributed by atoms with Gasteiger partial charge in [0.05, 0.1) is 12.6 Å². The fourth-order valence-electron chi connectivity index (χ4n) is 2.34. The molecule has 0 aliphatic heterocycles. The lowest BCUT2D eigenvalue weighted by Crippen LogP contribution is -2.41. The quantitative estimate of drug-likeness (QED) is 0.695. The van der Waals surface area contributed by atoms with Gasteiger partial charge in [-0.05, 0) is 37.6 Å². The van der Waals surface area contributed by atoms with Crippen LogP contribution in [-0.2, 0) is 15.7 Å². The van der Waals surface area contributed by atoms with Crippen molar-refractivity contribution in [3.05, 3.63) is 41.6 Å². The van der Waals surface area contributed by atoms with Crippen molar-refractivity contribution in [1.29, 1.82) is 0 Å². The number of nitrogens with zero attached hydrogens (tertiary/aromatic N) is 2. The second kappa shape index (κ2) is 8.59. The summed E-state index contributed by atoms with van der Waals surface area (Å²) < 4.78 is 39.5. The molecule has 0 aliphatic carbocycles. The van der Waals surface area contributed by atoms with Crippen LogP contribution < -0.4 is 14.8 Å². The Morgan fingerprint density at radius 1 is 1.21 bits per heavy atom. The van der Waals surface area contributed by atoms with Crippen molar-refractivity contribution in [2.24, 2.45) is 0 Å². The van der Waals surface area contributed by atoms with E-state index in [-0.39, 0.29) is 22.8 Å². The highest BCUT2D eigenvalue weighted by Gasteiger charge is 2.31. The molecule has 0 atom stereocenters. The van der Waals surface area contributed by atoms with Crippen LogP contribution in [0.5, 0.6) is 11.5 Å². The van der Waals surface area contributed by atoms with E-state index in [0.717, 1.165) is 0 Å². The number of benzene rings is 1. The topological polar surface area (TPSA) is 86.5 Å². The Labute approximate surface area is 168 Å². The summed E-state index contributed by atoms with van der Waals surface area (Å²) in [5, 5.41) is 6.77. The lowest BCUT2D eigenvalue weighted by molar-refractivity contribution is -0.118. The van der Waals surface area contributed by atoms with E-state index >= 15 is 0 Å². The lowest BCUT2D eigenvalue weighted by Gasteiger charge is -2.21. The van der Waals surface area contributed by atoms with Gasteiger partial charge in [0.25, 0.3) is 0 Å². The summed E-state index contributed by atoms with van der Waals surface area (Å²) in [4.78, 5) is 16.7. The number of methoxy groups -OCH3 is 1. The maximum atomic E-state index is 12.4. The van der Waals surface area contributed by atoms with Crippen LogP contribution in [0.3, 0.4) is 0 Å². The summed E-state index contributed by atoms with van der Waals surface area (Å²) in [6.07, 6.45) is 2.84. The number of amides is 1. The zero-order valence-corrected chi connectivity index (χ0v) is 17.2. The van der Waals surface area contributed by atoms with Crippen molar-refractivity contribution < 1.29 is 27.6 Å². The zero-order valence-electron chi connectivity index (χ0n) is 17.2. The van der Waals surface area contributed by atoms with Gasteiger partial charge in [-0.3, -0.25) is 4.79 Å². The highest BCUT2D eigenvalue weighted by atomic mass is 19.3. The molecule has 0 fully saturated rings. The molecule has 0 radical (unpaired) electrons. The number of ether oxygens (including phenoxy) is 2. The number of aromatic nitrogens is 2. The predicted molar refractivity (Wildman–Crippen MR) is 103 cm³/mol. The lowest BCUT2D eigenvalue weighted by atomic mass is 9.97. The van der Waals surface area contributed by atoms with E-state index in [4.69, 9.17) is 9.26 Å². The molecule has 0 aliphatic rings. The van der Waals surface area contributed by atoms with Gasteiger partial charge in [0.2, 0.25) is 11.8 Å². The van der Waals surface area contributed by atoms with E-state index in [1.807, 2.05) is 20.8 Å². The smallest absolute Gasteiger partial charge is 0.387 e. The number of nitrogens with one attached hydrogen (secondary N) is 1. The van der Waals surface area contributed by atoms with Crippen molar-refractivity contribution in [3.8, 4) is 11.5 Å². The Bertz CT molecular complexity index is 886. The normalized spacial score (nSPS) is 12.4. The number of hydrogen-bond donors (Lipinski definition) is 1. The number of carbonyl (C=O) groups excluding carboxylic acids is 1. The van der Waals surface area contributed by atoms with Crippen LogP contribution in [0.25, 0.3) is 6.08 Å². The molecule has 1 N–H and O–H groups in total. The third-order valence-electron chi connectivity index (χ3n) is 3.89. The Morgan fingerprint density at radius 3 is 2.45 bits per heavy atom. The molecule has 29 heavy (non-hydrogen) atoms. The predicted octanol–water partition coefficient (Wildman–Crippen LogP) is 4.04. The summed E-state index contributed by atoms with van der Waals surface area (Å²) in [5.74, 6) is 0.499. The van der Waals surface area contributed by atoms with Crippen molar-refractivity contribution in [3.63, 3.8) is 0 Å². The number of hydrogen-bond acceptors (Lipinski definition) is 6. The van der Waals surface area contributed by atoms with Gasteiger partial charge >= 0.3 is 6.61 Å². The van der Waals surface area contributed by atoms with Gasteiger partial charge in [0.1, 0.15) is 0 Å². The second-order valence-electron chi connectivity index (χ2n) is 7.91.